The van der Waals surface area contributed by atoms with Gasteiger partial charge in [-0.05, 0) is 39.5 Å². The van der Waals surface area contributed by atoms with Gasteiger partial charge >= 0.3 is 6.09 Å². The first-order valence-electron chi connectivity index (χ1n) is 10.6. The van der Waals surface area contributed by atoms with Crippen molar-refractivity contribution >= 4 is 30.0 Å². The molecule has 3 rings (SSSR count). The van der Waals surface area contributed by atoms with Gasteiger partial charge in [-0.3, -0.25) is 9.69 Å². The predicted octanol–water partition coefficient (Wildman–Crippen LogP) is 2.29. The Hall–Kier alpha value is -2.15. The lowest BCUT2D eigenvalue weighted by molar-refractivity contribution is -0.164. The van der Waals surface area contributed by atoms with E-state index < -0.39 is 5.60 Å². The summed E-state index contributed by atoms with van der Waals surface area (Å²) in [6.45, 7) is 8.68. The molecule has 0 unspecified atom stereocenters. The third-order valence-corrected chi connectivity index (χ3v) is 5.73. The molecular weight excluding hydrogens is 438 g/mol. The highest BCUT2D eigenvalue weighted by atomic mass is 32.2. The number of piperidine rings is 1. The molecule has 2 aliphatic rings. The minimum Gasteiger partial charge on any atom is -0.476 e. The number of amides is 2. The van der Waals surface area contributed by atoms with E-state index in [1.54, 1.807) is 20.3 Å². The number of hydrogen-bond acceptors (Lipinski definition) is 10. The van der Waals surface area contributed by atoms with Crippen molar-refractivity contribution in [3.05, 3.63) is 12.4 Å². The predicted molar refractivity (Wildman–Crippen MR) is 118 cm³/mol. The van der Waals surface area contributed by atoms with Gasteiger partial charge in [-0.15, -0.1) is 4.33 Å². The highest BCUT2D eigenvalue weighted by molar-refractivity contribution is 7.92. The van der Waals surface area contributed by atoms with Gasteiger partial charge in [0.05, 0.1) is 32.7 Å². The number of likely N-dealkylation sites (tertiary alicyclic amines) is 1. The van der Waals surface area contributed by atoms with E-state index in [1.165, 1.54) is 13.3 Å². The van der Waals surface area contributed by atoms with Gasteiger partial charge in [-0.25, -0.2) is 24.0 Å². The Bertz CT molecular complexity index is 767. The van der Waals surface area contributed by atoms with E-state index in [2.05, 4.69) is 14.9 Å². The molecule has 0 aliphatic carbocycles. The van der Waals surface area contributed by atoms with Crippen LogP contribution >= 0.6 is 12.2 Å². The summed E-state index contributed by atoms with van der Waals surface area (Å²) >= 11 is 1.00. The summed E-state index contributed by atoms with van der Waals surface area (Å²) in [5, 5.41) is 0. The third-order valence-electron chi connectivity index (χ3n) is 5.01. The van der Waals surface area contributed by atoms with Crippen molar-refractivity contribution in [3.63, 3.8) is 0 Å². The van der Waals surface area contributed by atoms with Gasteiger partial charge in [0.15, 0.2) is 5.82 Å². The fraction of sp³-hybridized carbons (Fsp3) is 0.700. The number of aromatic nitrogens is 2. The molecule has 0 aromatic carbocycles. The molecule has 0 N–H and O–H groups in total. The first-order valence-corrected chi connectivity index (χ1v) is 11.3. The lowest BCUT2D eigenvalue weighted by Gasteiger charge is -2.33. The monoisotopic (exact) mass is 469 g/mol. The van der Waals surface area contributed by atoms with Gasteiger partial charge in [0.25, 0.3) is 0 Å². The number of carbonyl (C=O) groups excluding carboxylic acids is 2. The minimum absolute atomic E-state index is 0.0943. The maximum absolute atomic E-state index is 12.4. The van der Waals surface area contributed by atoms with Crippen molar-refractivity contribution in [1.82, 2.24) is 19.2 Å². The highest BCUT2D eigenvalue weighted by Gasteiger charge is 2.28. The van der Waals surface area contributed by atoms with Gasteiger partial charge < -0.3 is 14.4 Å². The Morgan fingerprint density at radius 3 is 2.50 bits per heavy atom. The minimum atomic E-state index is -0.489. The number of carbonyl (C=O) groups is 2. The number of nitrogens with zero attached hydrogens (tertiary/aromatic N) is 5. The molecule has 178 valence electrons. The number of piperazine rings is 1. The lowest BCUT2D eigenvalue weighted by Crippen LogP contribution is -2.48. The van der Waals surface area contributed by atoms with Crippen molar-refractivity contribution in [1.29, 1.82) is 0 Å². The standard InChI is InChI=1S/C20H31N5O6S/c1-20(2,3)30-19(27)23-7-5-15(6-8-23)14-29-17-12-21-16(11-22-17)25-10-9-24(13-18(25)26)32-31-28-4/h11-12,15H,5-10,13-14H2,1-4H3. The summed E-state index contributed by atoms with van der Waals surface area (Å²) in [7, 11) is 1.41. The molecule has 1 aromatic rings. The fourth-order valence-electron chi connectivity index (χ4n) is 3.37. The van der Waals surface area contributed by atoms with Gasteiger partial charge in [0, 0.05) is 26.2 Å². The normalized spacial score (nSPS) is 18.7. The number of anilines is 1. The summed E-state index contributed by atoms with van der Waals surface area (Å²) in [5.74, 6) is 1.14. The van der Waals surface area contributed by atoms with Crippen molar-refractivity contribution in [2.45, 2.75) is 39.2 Å². The fourth-order valence-corrected chi connectivity index (χ4v) is 3.83. The van der Waals surface area contributed by atoms with E-state index in [-0.39, 0.29) is 18.5 Å². The number of rotatable bonds is 7. The summed E-state index contributed by atoms with van der Waals surface area (Å²) in [4.78, 5) is 41.0. The second kappa shape index (κ2) is 11.1. The van der Waals surface area contributed by atoms with Crippen molar-refractivity contribution in [2.24, 2.45) is 5.92 Å². The Kier molecular flexibility index (Phi) is 8.51. The molecule has 0 spiro atoms. The summed E-state index contributed by atoms with van der Waals surface area (Å²) in [6, 6.07) is 0. The van der Waals surface area contributed by atoms with E-state index in [9.17, 15) is 9.59 Å². The SMILES string of the molecule is COOSN1CCN(c2cnc(OCC3CCN(C(=O)OC(C)(C)C)CC3)cn2)C(=O)C1. The molecule has 11 nitrogen and oxygen atoms in total. The summed E-state index contributed by atoms with van der Waals surface area (Å²) in [6.07, 6.45) is 4.50. The zero-order chi connectivity index (χ0) is 23.1. The maximum atomic E-state index is 12.4. The third kappa shape index (κ3) is 7.19. The Morgan fingerprint density at radius 2 is 1.91 bits per heavy atom. The van der Waals surface area contributed by atoms with Crippen LogP contribution in [-0.4, -0.2) is 83.2 Å². The van der Waals surface area contributed by atoms with Gasteiger partial charge in [-0.1, -0.05) is 0 Å². The average molecular weight is 470 g/mol. The molecule has 0 bridgehead atoms. The quantitative estimate of drug-likeness (QED) is 0.255. The van der Waals surface area contributed by atoms with Crippen LogP contribution in [0.4, 0.5) is 10.6 Å². The van der Waals surface area contributed by atoms with E-state index in [4.69, 9.17) is 13.8 Å². The van der Waals surface area contributed by atoms with Crippen molar-refractivity contribution in [2.75, 3.05) is 51.3 Å². The zero-order valence-corrected chi connectivity index (χ0v) is 19.8. The Morgan fingerprint density at radius 1 is 1.16 bits per heavy atom. The largest absolute Gasteiger partial charge is 0.476 e. The van der Waals surface area contributed by atoms with Crippen LogP contribution in [0.3, 0.4) is 0 Å². The van der Waals surface area contributed by atoms with Crippen molar-refractivity contribution in [3.8, 4) is 5.88 Å². The van der Waals surface area contributed by atoms with E-state index in [0.717, 1.165) is 25.1 Å². The van der Waals surface area contributed by atoms with Crippen LogP contribution in [0, 0.1) is 5.92 Å². The molecule has 2 saturated heterocycles. The molecule has 32 heavy (non-hydrogen) atoms. The van der Waals surface area contributed by atoms with Gasteiger partial charge in [0.1, 0.15) is 17.8 Å². The average Bonchev–Trinajstić information content (AvgIpc) is 2.76. The molecule has 2 fully saturated rings. The number of ether oxygens (including phenoxy) is 2. The van der Waals surface area contributed by atoms with Gasteiger partial charge in [-0.2, -0.15) is 0 Å². The van der Waals surface area contributed by atoms with Crippen LogP contribution in [0.2, 0.25) is 0 Å². The molecule has 2 aliphatic heterocycles. The van der Waals surface area contributed by atoms with E-state index in [0.29, 0.717) is 50.4 Å². The van der Waals surface area contributed by atoms with Crippen LogP contribution in [-0.2, 0) is 18.8 Å². The Balaban J connectivity index is 1.41. The lowest BCUT2D eigenvalue weighted by atomic mass is 9.98. The topological polar surface area (TPSA) is 107 Å². The van der Waals surface area contributed by atoms with Crippen LogP contribution in [0.5, 0.6) is 5.88 Å². The number of hydrogen-bond donors (Lipinski definition) is 0. The molecule has 0 saturated carbocycles. The van der Waals surface area contributed by atoms with Crippen LogP contribution in [0.15, 0.2) is 12.4 Å². The highest BCUT2D eigenvalue weighted by Crippen LogP contribution is 2.22. The molecule has 2 amide bonds. The van der Waals surface area contributed by atoms with Crippen molar-refractivity contribution < 1.29 is 28.3 Å². The van der Waals surface area contributed by atoms with Crippen LogP contribution < -0.4 is 9.64 Å². The smallest absolute Gasteiger partial charge is 0.410 e. The summed E-state index contributed by atoms with van der Waals surface area (Å²) in [5.41, 5.74) is -0.489. The van der Waals surface area contributed by atoms with Crippen LogP contribution in [0.1, 0.15) is 33.6 Å². The molecule has 0 radical (unpaired) electrons. The zero-order valence-electron chi connectivity index (χ0n) is 19.0. The van der Waals surface area contributed by atoms with E-state index in [1.807, 2.05) is 20.8 Å². The molecule has 0 atom stereocenters. The van der Waals surface area contributed by atoms with Gasteiger partial charge in [0.2, 0.25) is 11.8 Å². The summed E-state index contributed by atoms with van der Waals surface area (Å²) < 4.78 is 17.8. The second-order valence-electron chi connectivity index (χ2n) is 8.65. The maximum Gasteiger partial charge on any atom is 0.410 e. The first kappa shape index (κ1) is 24.5. The Labute approximate surface area is 192 Å². The molecular formula is C20H31N5O6S. The molecule has 1 aromatic heterocycles. The van der Waals surface area contributed by atoms with E-state index >= 15 is 0 Å². The van der Waals surface area contributed by atoms with Crippen LogP contribution in [0.25, 0.3) is 0 Å². The molecule has 3 heterocycles. The molecule has 12 heteroatoms. The second-order valence-corrected chi connectivity index (χ2v) is 9.45. The first-order chi connectivity index (χ1) is 15.2.